The zero-order valence-corrected chi connectivity index (χ0v) is 34.4. The quantitative estimate of drug-likeness (QED) is 0.249. The van der Waals surface area contributed by atoms with Crippen LogP contribution in [0.4, 0.5) is 43.9 Å². The largest absolute Gasteiger partial charge is 0.393 e. The highest BCUT2D eigenvalue weighted by molar-refractivity contribution is 4.70. The van der Waals surface area contributed by atoms with E-state index in [9.17, 15) is 43.9 Å². The smallest absolute Gasteiger partial charge is 0.211 e. The normalized spacial score (nSPS) is 12.4. The fourth-order valence-corrected chi connectivity index (χ4v) is 1.54. The van der Waals surface area contributed by atoms with Crippen molar-refractivity contribution in [2.45, 2.75) is 196 Å². The molecule has 0 nitrogen and oxygen atoms in total. The van der Waals surface area contributed by atoms with Crippen molar-refractivity contribution in [2.24, 2.45) is 45.8 Å². The number of alkyl halides is 10. The van der Waals surface area contributed by atoms with Crippen molar-refractivity contribution in [3.8, 4) is 0 Å². The van der Waals surface area contributed by atoms with Crippen molar-refractivity contribution < 1.29 is 43.9 Å². The van der Waals surface area contributed by atoms with E-state index in [1.165, 1.54) is 0 Å². The van der Waals surface area contributed by atoms with Crippen molar-refractivity contribution in [1.29, 1.82) is 0 Å². The second-order valence-corrected chi connectivity index (χ2v) is 17.9. The third-order valence-corrected chi connectivity index (χ3v) is 4.64. The van der Waals surface area contributed by atoms with Gasteiger partial charge in [0.25, 0.3) is 0 Å². The molecule has 0 saturated heterocycles. The monoisotopic (exact) mass is 713 g/mol. The van der Waals surface area contributed by atoms with Gasteiger partial charge in [0.05, 0.1) is 5.41 Å². The Balaban J connectivity index is -0.0000000803. The van der Waals surface area contributed by atoms with Crippen LogP contribution in [-0.4, -0.2) is 24.7 Å². The van der Waals surface area contributed by atoms with E-state index in [2.05, 4.69) is 83.1 Å². The molecule has 0 rings (SSSR count). The second kappa shape index (κ2) is 28.0. The summed E-state index contributed by atoms with van der Waals surface area (Å²) in [6.45, 7) is 41.2. The van der Waals surface area contributed by atoms with Crippen molar-refractivity contribution in [3.63, 3.8) is 0 Å². The molecule has 296 valence electrons. The molecule has 0 saturated carbocycles. The number of hydrogen-bond acceptors (Lipinski definition) is 0. The molecule has 10 heteroatoms. The highest BCUT2D eigenvalue weighted by Crippen LogP contribution is 2.36. The fraction of sp³-hybridized carbons (Fsp3) is 1.00. The average Bonchev–Trinajstić information content (AvgIpc) is 2.60. The summed E-state index contributed by atoms with van der Waals surface area (Å²) in [6.07, 6.45) is -10.8. The molecule has 0 fully saturated rings. The van der Waals surface area contributed by atoms with Gasteiger partial charge in [-0.1, -0.05) is 145 Å². The van der Waals surface area contributed by atoms with E-state index >= 15 is 0 Å². The Morgan fingerprint density at radius 2 is 0.660 bits per heavy atom. The first-order valence-electron chi connectivity index (χ1n) is 16.7. The Labute approximate surface area is 286 Å². The van der Waals surface area contributed by atoms with Crippen LogP contribution in [0, 0.1) is 45.8 Å². The number of halogens is 10. The van der Waals surface area contributed by atoms with Crippen LogP contribution in [0.15, 0.2) is 0 Å². The lowest BCUT2D eigenvalue weighted by atomic mass is 9.84. The molecule has 0 radical (unpaired) electrons. The third-order valence-electron chi connectivity index (χ3n) is 4.64. The first-order chi connectivity index (χ1) is 19.9. The minimum Gasteiger partial charge on any atom is -0.211 e. The maximum atomic E-state index is 12.0. The van der Waals surface area contributed by atoms with E-state index in [-0.39, 0.29) is 30.6 Å². The van der Waals surface area contributed by atoms with Crippen LogP contribution in [0.5, 0.6) is 0 Å². The highest BCUT2D eigenvalue weighted by atomic mass is 19.4. The minimum absolute atomic E-state index is 0.00694. The second-order valence-electron chi connectivity index (χ2n) is 17.9. The molecule has 47 heavy (non-hydrogen) atoms. The van der Waals surface area contributed by atoms with Crippen LogP contribution < -0.4 is 0 Å². The van der Waals surface area contributed by atoms with Gasteiger partial charge in [0.1, 0.15) is 0 Å². The SMILES string of the molecule is CC(C)(C)C.CC(C)(C)C(F)(F)F.CC(C)C.CC(C)C(C)(C)C.CC(C)CC(C)(F)F.CC(C)CC(F)(F)F.CC(C)CC(F)F. The predicted molar refractivity (Wildman–Crippen MR) is 186 cm³/mol. The summed E-state index contributed by atoms with van der Waals surface area (Å²) in [5.74, 6) is -0.911. The van der Waals surface area contributed by atoms with Gasteiger partial charge in [0, 0.05) is 19.3 Å². The molecule has 0 aliphatic rings. The van der Waals surface area contributed by atoms with Crippen molar-refractivity contribution in [3.05, 3.63) is 0 Å². The molecule has 0 bridgehead atoms. The van der Waals surface area contributed by atoms with E-state index in [0.29, 0.717) is 10.8 Å². The summed E-state index contributed by atoms with van der Waals surface area (Å²) in [5, 5.41) is 0. The predicted octanol–water partition coefficient (Wildman–Crippen LogP) is 16.6. The lowest BCUT2D eigenvalue weighted by molar-refractivity contribution is -0.204. The molecule has 0 aromatic carbocycles. The molecule has 0 heterocycles. The highest BCUT2D eigenvalue weighted by Gasteiger charge is 2.42. The molecular weight excluding hydrogens is 634 g/mol. The number of rotatable bonds is 5. The zero-order chi connectivity index (χ0) is 40.6. The molecule has 0 atom stereocenters. The van der Waals surface area contributed by atoms with Gasteiger partial charge in [-0.05, 0) is 47.3 Å². The standard InChI is InChI=1S/C7H16.C6H12F2.2C5H9F3.C5H10F2.C5H12.C4H10/c1-6(2)7(3,4)5;1-5(2)4-6(3,7)8;1-4(2,3)5(6,7)8;1-4(2)3-5(6,7)8;1-4(2)3-5(6)7;1-5(2,3)4;1-4(2)3/h6H,1-5H3;5H,4H2,1-3H3;1-3H3;4H,3H2,1-2H3;4-5H,3H2,1-2H3;1-4H3;4H,1-3H3. The van der Waals surface area contributed by atoms with Crippen molar-refractivity contribution >= 4 is 0 Å². The first kappa shape index (κ1) is 61.5. The van der Waals surface area contributed by atoms with E-state index in [1.54, 1.807) is 41.5 Å². The van der Waals surface area contributed by atoms with Gasteiger partial charge in [-0.15, -0.1) is 0 Å². The molecular formula is C37H78F10. The molecule has 0 amide bonds. The minimum atomic E-state index is -4.06. The van der Waals surface area contributed by atoms with Gasteiger partial charge in [-0.2, -0.15) is 26.3 Å². The third kappa shape index (κ3) is 106. The van der Waals surface area contributed by atoms with Crippen molar-refractivity contribution in [2.75, 3.05) is 0 Å². The summed E-state index contributed by atoms with van der Waals surface area (Å²) in [4.78, 5) is 0. The lowest BCUT2D eigenvalue weighted by Crippen LogP contribution is -2.28. The van der Waals surface area contributed by atoms with Gasteiger partial charge in [0.15, 0.2) is 0 Å². The van der Waals surface area contributed by atoms with E-state index < -0.39 is 36.5 Å². The molecule has 0 aromatic heterocycles. The maximum absolute atomic E-state index is 12.0. The van der Waals surface area contributed by atoms with Crippen LogP contribution in [0.1, 0.15) is 172 Å². The van der Waals surface area contributed by atoms with Gasteiger partial charge < -0.3 is 0 Å². The molecule has 0 unspecified atom stereocenters. The fourth-order valence-electron chi connectivity index (χ4n) is 1.54. The van der Waals surface area contributed by atoms with Crippen molar-refractivity contribution in [1.82, 2.24) is 0 Å². The topological polar surface area (TPSA) is 0 Å². The zero-order valence-electron chi connectivity index (χ0n) is 34.4. The van der Waals surface area contributed by atoms with Gasteiger partial charge in [-0.25, -0.2) is 17.6 Å². The number of hydrogen-bond donors (Lipinski definition) is 0. The van der Waals surface area contributed by atoms with Crippen LogP contribution in [0.2, 0.25) is 0 Å². The summed E-state index contributed by atoms with van der Waals surface area (Å²) in [6, 6.07) is 0. The van der Waals surface area contributed by atoms with Gasteiger partial charge in [-0.3, -0.25) is 0 Å². The first-order valence-corrected chi connectivity index (χ1v) is 16.7. The Bertz CT molecular complexity index is 584. The van der Waals surface area contributed by atoms with Crippen LogP contribution in [0.25, 0.3) is 0 Å². The Morgan fingerprint density at radius 3 is 0.660 bits per heavy atom. The van der Waals surface area contributed by atoms with E-state index in [0.717, 1.165) is 39.5 Å². The molecule has 0 aliphatic heterocycles. The molecule has 0 aromatic rings. The van der Waals surface area contributed by atoms with Crippen LogP contribution in [-0.2, 0) is 0 Å². The molecule has 0 aliphatic carbocycles. The Hall–Kier alpha value is -0.700. The average molecular weight is 713 g/mol. The van der Waals surface area contributed by atoms with Gasteiger partial charge >= 0.3 is 12.4 Å². The summed E-state index contributed by atoms with van der Waals surface area (Å²) in [7, 11) is 0. The Morgan fingerprint density at radius 1 is 0.447 bits per heavy atom. The lowest BCUT2D eigenvalue weighted by Gasteiger charge is -2.22. The maximum Gasteiger partial charge on any atom is 0.393 e. The summed E-state index contributed by atoms with van der Waals surface area (Å²) in [5.41, 5.74) is -0.562. The van der Waals surface area contributed by atoms with E-state index in [1.807, 2.05) is 0 Å². The van der Waals surface area contributed by atoms with Gasteiger partial charge in [0.2, 0.25) is 12.3 Å². The van der Waals surface area contributed by atoms with Crippen LogP contribution >= 0.6 is 0 Å². The van der Waals surface area contributed by atoms with E-state index in [4.69, 9.17) is 0 Å². The molecule has 0 N–H and O–H groups in total. The summed E-state index contributed by atoms with van der Waals surface area (Å²) >= 11 is 0. The summed E-state index contributed by atoms with van der Waals surface area (Å²) < 4.78 is 115. The Kier molecular flexibility index (Phi) is 36.7. The molecule has 0 spiro atoms. The van der Waals surface area contributed by atoms with Crippen LogP contribution in [0.3, 0.4) is 0 Å².